The van der Waals surface area contributed by atoms with Gasteiger partial charge in [-0.05, 0) is 24.0 Å². The third-order valence-electron chi connectivity index (χ3n) is 2.13. The van der Waals surface area contributed by atoms with Crippen molar-refractivity contribution in [1.82, 2.24) is 0 Å². The van der Waals surface area contributed by atoms with Crippen molar-refractivity contribution in [1.29, 1.82) is 0 Å². The van der Waals surface area contributed by atoms with Crippen molar-refractivity contribution in [2.45, 2.75) is 26.2 Å². The molecule has 2 heteroatoms. The van der Waals surface area contributed by atoms with E-state index in [9.17, 15) is 0 Å². The van der Waals surface area contributed by atoms with Crippen LogP contribution in [0, 0.1) is 0 Å². The topological polar surface area (TPSA) is 0 Å². The number of unbranched alkanes of at least 4 members (excludes halogenated alkanes) is 1. The highest BCUT2D eigenvalue weighted by atomic mass is 35.5. The van der Waals surface area contributed by atoms with Crippen molar-refractivity contribution >= 4 is 28.8 Å². The van der Waals surface area contributed by atoms with E-state index in [1.165, 1.54) is 0 Å². The summed E-state index contributed by atoms with van der Waals surface area (Å²) >= 11 is 11.7. The molecule has 0 spiro atoms. The molecule has 0 radical (unpaired) electrons. The van der Waals surface area contributed by atoms with Crippen LogP contribution in [-0.2, 0) is 0 Å². The van der Waals surface area contributed by atoms with E-state index in [1.54, 1.807) is 0 Å². The van der Waals surface area contributed by atoms with E-state index in [1.807, 2.05) is 30.3 Å². The Hall–Kier alpha value is -0.460. The maximum absolute atomic E-state index is 5.86. The minimum absolute atomic E-state index is 0.393. The number of hydrogen-bond acceptors (Lipinski definition) is 0. The van der Waals surface area contributed by atoms with E-state index < -0.39 is 0 Å². The smallest absolute Gasteiger partial charge is 0.0706 e. The lowest BCUT2D eigenvalue weighted by Gasteiger charge is -2.06. The quantitative estimate of drug-likeness (QED) is 0.679. The standard InChI is InChI=1S/C12H14Cl2/c1-2-3-9-11(12(13)14)10-7-5-4-6-8-10/h4-8H,2-3,9H2,1H3. The molecular formula is C12H14Cl2. The first-order valence-electron chi connectivity index (χ1n) is 4.85. The molecule has 14 heavy (non-hydrogen) atoms. The highest BCUT2D eigenvalue weighted by Crippen LogP contribution is 2.28. The Morgan fingerprint density at radius 2 is 1.79 bits per heavy atom. The van der Waals surface area contributed by atoms with E-state index in [2.05, 4.69) is 6.92 Å². The fourth-order valence-electron chi connectivity index (χ4n) is 1.34. The second-order valence-electron chi connectivity index (χ2n) is 3.21. The predicted molar refractivity (Wildman–Crippen MR) is 64.6 cm³/mol. The largest absolute Gasteiger partial charge is 0.110 e. The monoisotopic (exact) mass is 228 g/mol. The van der Waals surface area contributed by atoms with Gasteiger partial charge in [0.25, 0.3) is 0 Å². The zero-order chi connectivity index (χ0) is 10.4. The van der Waals surface area contributed by atoms with Gasteiger partial charge < -0.3 is 0 Å². The normalized spacial score (nSPS) is 9.93. The minimum atomic E-state index is 0.393. The number of benzene rings is 1. The molecule has 0 nitrogen and oxygen atoms in total. The van der Waals surface area contributed by atoms with Crippen molar-refractivity contribution in [2.24, 2.45) is 0 Å². The van der Waals surface area contributed by atoms with Crippen LogP contribution in [-0.4, -0.2) is 0 Å². The predicted octanol–water partition coefficient (Wildman–Crippen LogP) is 5.02. The van der Waals surface area contributed by atoms with Crippen molar-refractivity contribution in [3.05, 3.63) is 40.4 Å². The molecule has 0 aliphatic carbocycles. The van der Waals surface area contributed by atoms with Gasteiger partial charge in [-0.15, -0.1) is 0 Å². The molecule has 0 amide bonds. The lowest BCUT2D eigenvalue weighted by molar-refractivity contribution is 0.824. The average Bonchev–Trinajstić information content (AvgIpc) is 2.19. The van der Waals surface area contributed by atoms with E-state index in [4.69, 9.17) is 23.2 Å². The van der Waals surface area contributed by atoms with E-state index in [0.717, 1.165) is 30.4 Å². The zero-order valence-corrected chi connectivity index (χ0v) is 9.78. The second kappa shape index (κ2) is 6.10. The van der Waals surface area contributed by atoms with Crippen molar-refractivity contribution in [3.63, 3.8) is 0 Å². The molecule has 1 aromatic rings. The summed E-state index contributed by atoms with van der Waals surface area (Å²) < 4.78 is 0.393. The summed E-state index contributed by atoms with van der Waals surface area (Å²) in [6, 6.07) is 10.1. The summed E-state index contributed by atoms with van der Waals surface area (Å²) in [5, 5.41) is 0. The van der Waals surface area contributed by atoms with Crippen molar-refractivity contribution in [3.8, 4) is 0 Å². The molecule has 0 atom stereocenters. The summed E-state index contributed by atoms with van der Waals surface area (Å²) in [6.45, 7) is 2.16. The summed E-state index contributed by atoms with van der Waals surface area (Å²) in [6.07, 6.45) is 3.22. The Morgan fingerprint density at radius 1 is 1.14 bits per heavy atom. The highest BCUT2D eigenvalue weighted by Gasteiger charge is 2.04. The van der Waals surface area contributed by atoms with Crippen LogP contribution in [0.1, 0.15) is 31.7 Å². The Bertz CT molecular complexity index is 297. The van der Waals surface area contributed by atoms with Gasteiger partial charge in [-0.25, -0.2) is 0 Å². The molecule has 0 unspecified atom stereocenters. The summed E-state index contributed by atoms with van der Waals surface area (Å²) in [5.41, 5.74) is 2.18. The minimum Gasteiger partial charge on any atom is -0.0706 e. The average molecular weight is 229 g/mol. The Kier molecular flexibility index (Phi) is 5.06. The van der Waals surface area contributed by atoms with Crippen LogP contribution in [0.2, 0.25) is 0 Å². The summed E-state index contributed by atoms with van der Waals surface area (Å²) in [5.74, 6) is 0. The van der Waals surface area contributed by atoms with Gasteiger partial charge in [0, 0.05) is 0 Å². The first-order valence-corrected chi connectivity index (χ1v) is 5.61. The van der Waals surface area contributed by atoms with Crippen LogP contribution in [0.4, 0.5) is 0 Å². The Morgan fingerprint density at radius 3 is 2.29 bits per heavy atom. The molecular weight excluding hydrogens is 215 g/mol. The molecule has 0 aromatic heterocycles. The van der Waals surface area contributed by atoms with Gasteiger partial charge in [0.05, 0.1) is 0 Å². The lowest BCUT2D eigenvalue weighted by Crippen LogP contribution is -1.85. The molecule has 0 saturated carbocycles. The summed E-state index contributed by atoms with van der Waals surface area (Å²) in [4.78, 5) is 0. The zero-order valence-electron chi connectivity index (χ0n) is 8.26. The number of rotatable bonds is 4. The van der Waals surface area contributed by atoms with Crippen LogP contribution in [0.5, 0.6) is 0 Å². The molecule has 0 N–H and O–H groups in total. The molecule has 0 aliphatic heterocycles. The van der Waals surface area contributed by atoms with Crippen molar-refractivity contribution < 1.29 is 0 Å². The van der Waals surface area contributed by atoms with Crippen LogP contribution >= 0.6 is 23.2 Å². The third-order valence-corrected chi connectivity index (χ3v) is 2.59. The fraction of sp³-hybridized carbons (Fsp3) is 0.333. The van der Waals surface area contributed by atoms with Gasteiger partial charge in [-0.2, -0.15) is 0 Å². The summed E-state index contributed by atoms with van der Waals surface area (Å²) in [7, 11) is 0. The number of halogens is 2. The van der Waals surface area contributed by atoms with Gasteiger partial charge in [-0.1, -0.05) is 66.9 Å². The van der Waals surface area contributed by atoms with Gasteiger partial charge in [0.15, 0.2) is 0 Å². The molecule has 0 saturated heterocycles. The maximum atomic E-state index is 5.86. The van der Waals surface area contributed by atoms with Gasteiger partial charge in [0.1, 0.15) is 4.49 Å². The molecule has 1 aromatic carbocycles. The molecule has 0 bridgehead atoms. The first-order chi connectivity index (χ1) is 6.75. The Labute approximate surface area is 95.5 Å². The molecule has 76 valence electrons. The number of allylic oxidation sites excluding steroid dienone is 1. The van der Waals surface area contributed by atoms with Gasteiger partial charge in [0.2, 0.25) is 0 Å². The lowest BCUT2D eigenvalue weighted by atomic mass is 10.0. The van der Waals surface area contributed by atoms with Gasteiger partial charge in [-0.3, -0.25) is 0 Å². The van der Waals surface area contributed by atoms with E-state index in [0.29, 0.717) is 4.49 Å². The van der Waals surface area contributed by atoms with Crippen LogP contribution in [0.3, 0.4) is 0 Å². The van der Waals surface area contributed by atoms with Crippen LogP contribution < -0.4 is 0 Å². The maximum Gasteiger partial charge on any atom is 0.110 e. The van der Waals surface area contributed by atoms with Crippen LogP contribution in [0.25, 0.3) is 5.57 Å². The second-order valence-corrected chi connectivity index (χ2v) is 4.16. The van der Waals surface area contributed by atoms with Gasteiger partial charge >= 0.3 is 0 Å². The van der Waals surface area contributed by atoms with Crippen LogP contribution in [0.15, 0.2) is 34.8 Å². The third kappa shape index (κ3) is 3.36. The van der Waals surface area contributed by atoms with E-state index in [-0.39, 0.29) is 0 Å². The SMILES string of the molecule is CCCCC(=C(Cl)Cl)c1ccccc1. The van der Waals surface area contributed by atoms with E-state index >= 15 is 0 Å². The Balaban J connectivity index is 2.86. The highest BCUT2D eigenvalue weighted by molar-refractivity contribution is 6.58. The van der Waals surface area contributed by atoms with Crippen molar-refractivity contribution in [2.75, 3.05) is 0 Å². The molecule has 1 rings (SSSR count). The first kappa shape index (κ1) is 11.6. The molecule has 0 heterocycles. The molecule has 0 aliphatic rings. The molecule has 0 fully saturated rings. The fourth-order valence-corrected chi connectivity index (χ4v) is 1.75. The number of hydrogen-bond donors (Lipinski definition) is 0.